The number of hydrogen-bond donors (Lipinski definition) is 0. The lowest BCUT2D eigenvalue weighted by Gasteiger charge is -2.33. The maximum Gasteiger partial charge on any atom is 0.138 e. The summed E-state index contributed by atoms with van der Waals surface area (Å²) in [6, 6.07) is 3.92. The van der Waals surface area contributed by atoms with Crippen molar-refractivity contribution in [3.05, 3.63) is 30.1 Å². The van der Waals surface area contributed by atoms with Gasteiger partial charge in [0.1, 0.15) is 11.9 Å². The van der Waals surface area contributed by atoms with E-state index < -0.39 is 0 Å². The van der Waals surface area contributed by atoms with E-state index in [1.165, 1.54) is 0 Å². The Labute approximate surface area is 96.1 Å². The first-order chi connectivity index (χ1) is 7.81. The molecule has 0 unspecified atom stereocenters. The van der Waals surface area contributed by atoms with Gasteiger partial charge in [0.25, 0.3) is 0 Å². The summed E-state index contributed by atoms with van der Waals surface area (Å²) in [6.45, 7) is 1.98. The molecule has 0 atom stereocenters. The molecule has 1 heterocycles. The summed E-state index contributed by atoms with van der Waals surface area (Å²) in [4.78, 5) is 4.28. The Morgan fingerprint density at radius 3 is 2.69 bits per heavy atom. The normalized spacial score (nSPS) is 24.4. The van der Waals surface area contributed by atoms with Crippen LogP contribution in [0, 0.1) is 0 Å². The van der Waals surface area contributed by atoms with Crippen molar-refractivity contribution in [1.29, 1.82) is 0 Å². The Kier molecular flexibility index (Phi) is 3.57. The van der Waals surface area contributed by atoms with Crippen LogP contribution in [0.15, 0.2) is 24.4 Å². The van der Waals surface area contributed by atoms with Crippen molar-refractivity contribution in [3.8, 4) is 5.75 Å². The van der Waals surface area contributed by atoms with Gasteiger partial charge >= 0.3 is 0 Å². The summed E-state index contributed by atoms with van der Waals surface area (Å²) < 4.78 is 10.9. The second-order valence-electron chi connectivity index (χ2n) is 3.99. The third-order valence-corrected chi connectivity index (χ3v) is 2.78. The number of rotatable bonds is 4. The lowest BCUT2D eigenvalue weighted by Crippen LogP contribution is -2.38. The second kappa shape index (κ2) is 5.12. The molecular formula is C13H17NO2. The first-order valence-corrected chi connectivity index (χ1v) is 5.60. The van der Waals surface area contributed by atoms with Crippen LogP contribution in [-0.4, -0.2) is 24.3 Å². The molecule has 1 aliphatic carbocycles. The predicted octanol–water partition coefficient (Wildman–Crippen LogP) is 2.67. The van der Waals surface area contributed by atoms with Gasteiger partial charge in [0, 0.05) is 20.0 Å². The van der Waals surface area contributed by atoms with Gasteiger partial charge in [-0.05, 0) is 25.1 Å². The van der Waals surface area contributed by atoms with E-state index in [0.717, 1.165) is 24.3 Å². The summed E-state index contributed by atoms with van der Waals surface area (Å²) in [6.07, 6.45) is 8.33. The van der Waals surface area contributed by atoms with E-state index in [-0.39, 0.29) is 0 Å². The predicted molar refractivity (Wildman–Crippen MR) is 63.4 cm³/mol. The molecule has 0 aliphatic heterocycles. The monoisotopic (exact) mass is 219 g/mol. The smallest absolute Gasteiger partial charge is 0.138 e. The van der Waals surface area contributed by atoms with E-state index in [0.29, 0.717) is 12.2 Å². The van der Waals surface area contributed by atoms with Gasteiger partial charge in [0.05, 0.1) is 18.0 Å². The molecule has 0 bridgehead atoms. The quantitative estimate of drug-likeness (QED) is 0.780. The third-order valence-electron chi connectivity index (χ3n) is 2.78. The van der Waals surface area contributed by atoms with Crippen molar-refractivity contribution in [2.24, 2.45) is 0 Å². The Morgan fingerprint density at radius 1 is 1.31 bits per heavy atom. The fourth-order valence-electron chi connectivity index (χ4n) is 1.73. The molecule has 2 rings (SSSR count). The van der Waals surface area contributed by atoms with Crippen LogP contribution in [0.25, 0.3) is 6.08 Å². The molecule has 86 valence electrons. The standard InChI is InChI=1S/C13H17NO2/c1-3-4-10-5-6-11(9-14-10)16-13-7-12(8-13)15-2/h3-6,9,12-13H,7-8H2,1-2H3/b4-3+. The topological polar surface area (TPSA) is 31.4 Å². The molecule has 0 aromatic carbocycles. The van der Waals surface area contributed by atoms with Crippen molar-refractivity contribution in [2.45, 2.75) is 32.0 Å². The molecule has 3 heteroatoms. The lowest BCUT2D eigenvalue weighted by molar-refractivity contribution is -0.0382. The number of pyridine rings is 1. The molecule has 1 aliphatic rings. The van der Waals surface area contributed by atoms with Gasteiger partial charge in [-0.1, -0.05) is 6.08 Å². The first kappa shape index (κ1) is 11.1. The number of ether oxygens (including phenoxy) is 2. The summed E-state index contributed by atoms with van der Waals surface area (Å²) in [5.41, 5.74) is 0.957. The number of methoxy groups -OCH3 is 1. The molecular weight excluding hydrogens is 202 g/mol. The first-order valence-electron chi connectivity index (χ1n) is 5.60. The molecule has 1 aromatic heterocycles. The average Bonchev–Trinajstić information content (AvgIpc) is 2.25. The molecule has 1 aromatic rings. The Hall–Kier alpha value is -1.35. The highest BCUT2D eigenvalue weighted by Gasteiger charge is 2.30. The summed E-state index contributed by atoms with van der Waals surface area (Å²) in [5, 5.41) is 0. The zero-order chi connectivity index (χ0) is 11.4. The van der Waals surface area contributed by atoms with Crippen LogP contribution in [0.2, 0.25) is 0 Å². The fourth-order valence-corrected chi connectivity index (χ4v) is 1.73. The number of hydrogen-bond acceptors (Lipinski definition) is 3. The summed E-state index contributed by atoms with van der Waals surface area (Å²) in [7, 11) is 1.74. The van der Waals surface area contributed by atoms with E-state index in [9.17, 15) is 0 Å². The highest BCUT2D eigenvalue weighted by atomic mass is 16.5. The molecule has 16 heavy (non-hydrogen) atoms. The summed E-state index contributed by atoms with van der Waals surface area (Å²) >= 11 is 0. The van der Waals surface area contributed by atoms with Gasteiger partial charge in [-0.15, -0.1) is 0 Å². The van der Waals surface area contributed by atoms with E-state index in [2.05, 4.69) is 4.98 Å². The summed E-state index contributed by atoms with van der Waals surface area (Å²) in [5.74, 6) is 0.841. The van der Waals surface area contributed by atoms with E-state index in [4.69, 9.17) is 9.47 Å². The van der Waals surface area contributed by atoms with Crippen LogP contribution in [0.3, 0.4) is 0 Å². The molecule has 0 spiro atoms. The number of aromatic nitrogens is 1. The fraction of sp³-hybridized carbons (Fsp3) is 0.462. The highest BCUT2D eigenvalue weighted by Crippen LogP contribution is 2.27. The van der Waals surface area contributed by atoms with Crippen LogP contribution >= 0.6 is 0 Å². The van der Waals surface area contributed by atoms with Gasteiger partial charge in [-0.3, -0.25) is 4.98 Å². The zero-order valence-electron chi connectivity index (χ0n) is 9.72. The second-order valence-corrected chi connectivity index (χ2v) is 3.99. The van der Waals surface area contributed by atoms with Crippen LogP contribution in [0.5, 0.6) is 5.75 Å². The minimum absolute atomic E-state index is 0.291. The molecule has 0 saturated heterocycles. The van der Waals surface area contributed by atoms with E-state index >= 15 is 0 Å². The molecule has 3 nitrogen and oxygen atoms in total. The maximum absolute atomic E-state index is 5.75. The maximum atomic E-state index is 5.75. The minimum atomic E-state index is 0.291. The van der Waals surface area contributed by atoms with Crippen molar-refractivity contribution >= 4 is 6.08 Å². The van der Waals surface area contributed by atoms with Gasteiger partial charge < -0.3 is 9.47 Å². The highest BCUT2D eigenvalue weighted by molar-refractivity contribution is 5.44. The van der Waals surface area contributed by atoms with Crippen molar-refractivity contribution in [3.63, 3.8) is 0 Å². The Morgan fingerprint density at radius 2 is 2.12 bits per heavy atom. The molecule has 0 radical (unpaired) electrons. The van der Waals surface area contributed by atoms with Gasteiger partial charge in [0.15, 0.2) is 0 Å². The van der Waals surface area contributed by atoms with Gasteiger partial charge in [-0.25, -0.2) is 0 Å². The number of allylic oxidation sites excluding steroid dienone is 1. The van der Waals surface area contributed by atoms with Crippen molar-refractivity contribution in [1.82, 2.24) is 4.98 Å². The largest absolute Gasteiger partial charge is 0.489 e. The molecule has 0 amide bonds. The van der Waals surface area contributed by atoms with E-state index in [1.54, 1.807) is 13.3 Å². The van der Waals surface area contributed by atoms with Gasteiger partial charge in [0.2, 0.25) is 0 Å². The third kappa shape index (κ3) is 2.61. The molecule has 0 N–H and O–H groups in total. The molecule has 1 fully saturated rings. The SMILES string of the molecule is C/C=C/c1ccc(OC2CC(OC)C2)cn1. The van der Waals surface area contributed by atoms with Crippen molar-refractivity contribution < 1.29 is 9.47 Å². The Bertz CT molecular complexity index is 353. The minimum Gasteiger partial charge on any atom is -0.489 e. The van der Waals surface area contributed by atoms with Gasteiger partial charge in [-0.2, -0.15) is 0 Å². The van der Waals surface area contributed by atoms with Crippen LogP contribution in [0.1, 0.15) is 25.5 Å². The Balaban J connectivity index is 1.86. The zero-order valence-corrected chi connectivity index (χ0v) is 9.72. The van der Waals surface area contributed by atoms with E-state index in [1.807, 2.05) is 31.2 Å². The van der Waals surface area contributed by atoms with Crippen LogP contribution < -0.4 is 4.74 Å². The molecule has 1 saturated carbocycles. The lowest BCUT2D eigenvalue weighted by atomic mass is 9.92. The van der Waals surface area contributed by atoms with Crippen molar-refractivity contribution in [2.75, 3.05) is 7.11 Å². The van der Waals surface area contributed by atoms with Crippen LogP contribution in [-0.2, 0) is 4.74 Å². The average molecular weight is 219 g/mol. The van der Waals surface area contributed by atoms with Crippen LogP contribution in [0.4, 0.5) is 0 Å². The number of nitrogens with zero attached hydrogens (tertiary/aromatic N) is 1.